The first-order valence-electron chi connectivity index (χ1n) is 20.8. The Bertz CT molecular complexity index is 1440. The number of carbonyl (C=O) groups is 4. The molecule has 0 radical (unpaired) electrons. The standard InChI is InChI=1S/C44H69NO10/c1-9-12-33-19-26(3)17-25(2)18-27(4)39-28(5)20-30(7)44(53,55-39)41(50)42(51)45-16-11-10-13-35(45)43(52)54-40(31(8)37(48)23-38(33)49)29(6)21-32-14-15-36(47)34(22-32)24-46/h9,19,21,25,27-28,30-37,39-40,46-48,53H,1,10-18,20,22-24H2,2-8H3/b26-19+,29-21+. The second-order valence-corrected chi connectivity index (χ2v) is 17.8. The second kappa shape index (κ2) is 19.6. The van der Waals surface area contributed by atoms with Gasteiger partial charge in [0, 0.05) is 43.2 Å². The van der Waals surface area contributed by atoms with Crippen LogP contribution in [0.15, 0.2) is 36.0 Å². The molecule has 0 aromatic rings. The molecule has 11 nitrogen and oxygen atoms in total. The third-order valence-corrected chi connectivity index (χ3v) is 13.1. The van der Waals surface area contributed by atoms with Crippen molar-refractivity contribution in [3.05, 3.63) is 36.0 Å². The van der Waals surface area contributed by atoms with E-state index in [1.54, 1.807) is 26.8 Å². The number of piperidine rings is 1. The van der Waals surface area contributed by atoms with Crippen molar-refractivity contribution >= 4 is 23.4 Å². The number of aliphatic hydroxyl groups excluding tert-OH is 3. The molecule has 11 heteroatoms. The zero-order valence-corrected chi connectivity index (χ0v) is 34.3. The summed E-state index contributed by atoms with van der Waals surface area (Å²) in [4.78, 5) is 57.6. The van der Waals surface area contributed by atoms with Crippen molar-refractivity contribution in [2.45, 2.75) is 155 Å². The Kier molecular flexibility index (Phi) is 16.1. The normalized spacial score (nSPS) is 42.0. The van der Waals surface area contributed by atoms with Gasteiger partial charge in [0.05, 0.1) is 18.3 Å². The summed E-state index contributed by atoms with van der Waals surface area (Å²) in [6.07, 6.45) is 7.64. The molecule has 0 aromatic carbocycles. The van der Waals surface area contributed by atoms with Gasteiger partial charge in [0.2, 0.25) is 5.79 Å². The summed E-state index contributed by atoms with van der Waals surface area (Å²) < 4.78 is 12.6. The van der Waals surface area contributed by atoms with Crippen molar-refractivity contribution in [3.8, 4) is 0 Å². The molecule has 3 heterocycles. The number of rotatable bonds is 5. The van der Waals surface area contributed by atoms with Crippen LogP contribution in [0.5, 0.6) is 0 Å². The number of hydrogen-bond donors (Lipinski definition) is 4. The van der Waals surface area contributed by atoms with Gasteiger partial charge in [-0.2, -0.15) is 0 Å². The minimum absolute atomic E-state index is 0.0146. The van der Waals surface area contributed by atoms with Crippen LogP contribution in [0.2, 0.25) is 0 Å². The summed E-state index contributed by atoms with van der Waals surface area (Å²) in [7, 11) is 0. The summed E-state index contributed by atoms with van der Waals surface area (Å²) in [5, 5.41) is 43.8. The summed E-state index contributed by atoms with van der Waals surface area (Å²) in [5.74, 6) is -7.37. The van der Waals surface area contributed by atoms with E-state index in [4.69, 9.17) is 9.47 Å². The molecule has 4 N–H and O–H groups in total. The van der Waals surface area contributed by atoms with Gasteiger partial charge in [-0.3, -0.25) is 14.4 Å². The first-order valence-corrected chi connectivity index (χ1v) is 20.8. The summed E-state index contributed by atoms with van der Waals surface area (Å²) in [5.41, 5.74) is 1.67. The maximum Gasteiger partial charge on any atom is 0.329 e. The van der Waals surface area contributed by atoms with Crippen molar-refractivity contribution in [3.63, 3.8) is 0 Å². The zero-order valence-electron chi connectivity index (χ0n) is 34.3. The highest BCUT2D eigenvalue weighted by atomic mass is 16.6. The SMILES string of the molecule is C=CCC1/C=C(\C)CC(C)CC(C)C2OC(O)(C(=O)C(=O)N3CCCCC3C(=O)OC(/C(C)=C/C3CCC(O)C(CO)C3)C(C)C(O)CC1=O)C(C)CC2C. The Morgan fingerprint density at radius 2 is 1.65 bits per heavy atom. The van der Waals surface area contributed by atoms with Crippen LogP contribution in [-0.2, 0) is 28.7 Å². The lowest BCUT2D eigenvalue weighted by Crippen LogP contribution is -2.62. The monoisotopic (exact) mass is 771 g/mol. The van der Waals surface area contributed by atoms with Gasteiger partial charge in [-0.1, -0.05) is 58.4 Å². The second-order valence-electron chi connectivity index (χ2n) is 17.8. The van der Waals surface area contributed by atoms with Gasteiger partial charge in [-0.05, 0) is 107 Å². The summed E-state index contributed by atoms with van der Waals surface area (Å²) in [6, 6.07) is -1.11. The Labute approximate surface area is 328 Å². The molecule has 55 heavy (non-hydrogen) atoms. The van der Waals surface area contributed by atoms with Gasteiger partial charge in [0.1, 0.15) is 17.9 Å². The Morgan fingerprint density at radius 1 is 0.964 bits per heavy atom. The van der Waals surface area contributed by atoms with E-state index in [-0.39, 0.29) is 61.4 Å². The average molecular weight is 772 g/mol. The van der Waals surface area contributed by atoms with E-state index in [0.717, 1.165) is 12.0 Å². The third-order valence-electron chi connectivity index (χ3n) is 13.1. The molecule has 1 saturated carbocycles. The van der Waals surface area contributed by atoms with Gasteiger partial charge in [-0.15, -0.1) is 6.58 Å². The fourth-order valence-electron chi connectivity index (χ4n) is 9.90. The van der Waals surface area contributed by atoms with E-state index in [9.17, 15) is 39.6 Å². The van der Waals surface area contributed by atoms with Gasteiger partial charge < -0.3 is 34.8 Å². The molecule has 14 unspecified atom stereocenters. The first-order chi connectivity index (χ1) is 25.9. The van der Waals surface area contributed by atoms with E-state index in [0.29, 0.717) is 56.9 Å². The van der Waals surface area contributed by atoms with Crippen molar-refractivity contribution in [1.82, 2.24) is 4.90 Å². The van der Waals surface area contributed by atoms with Crippen molar-refractivity contribution in [1.29, 1.82) is 0 Å². The number of hydrogen-bond acceptors (Lipinski definition) is 10. The fourth-order valence-corrected chi connectivity index (χ4v) is 9.90. The molecule has 2 bridgehead atoms. The molecule has 4 aliphatic rings. The number of esters is 1. The topological polar surface area (TPSA) is 171 Å². The number of nitrogens with zero attached hydrogens (tertiary/aromatic N) is 1. The summed E-state index contributed by atoms with van der Waals surface area (Å²) >= 11 is 0. The molecule has 2 saturated heterocycles. The van der Waals surface area contributed by atoms with Crippen LogP contribution in [0.3, 0.4) is 0 Å². The lowest BCUT2D eigenvalue weighted by molar-refractivity contribution is -0.282. The smallest absolute Gasteiger partial charge is 0.329 e. The van der Waals surface area contributed by atoms with Gasteiger partial charge in [0.25, 0.3) is 11.7 Å². The fraction of sp³-hybridized carbons (Fsp3) is 0.773. The van der Waals surface area contributed by atoms with Crippen LogP contribution in [0.25, 0.3) is 0 Å². The molecular weight excluding hydrogens is 702 g/mol. The van der Waals surface area contributed by atoms with Crippen LogP contribution in [-0.4, -0.2) is 98.2 Å². The van der Waals surface area contributed by atoms with Crippen LogP contribution in [0.1, 0.15) is 119 Å². The van der Waals surface area contributed by atoms with Crippen LogP contribution in [0.4, 0.5) is 0 Å². The lowest BCUT2D eigenvalue weighted by Gasteiger charge is -2.46. The number of ketones is 2. The van der Waals surface area contributed by atoms with Gasteiger partial charge in [-0.25, -0.2) is 4.79 Å². The largest absolute Gasteiger partial charge is 0.456 e. The average Bonchev–Trinajstić information content (AvgIpc) is 3.14. The highest BCUT2D eigenvalue weighted by Crippen LogP contribution is 2.42. The van der Waals surface area contributed by atoms with Crippen molar-refractivity contribution in [2.24, 2.45) is 47.3 Å². The Balaban J connectivity index is 1.75. The van der Waals surface area contributed by atoms with Gasteiger partial charge in [0.15, 0.2) is 0 Å². The zero-order chi connectivity index (χ0) is 40.8. The minimum atomic E-state index is -2.36. The first kappa shape index (κ1) is 45.0. The van der Waals surface area contributed by atoms with Gasteiger partial charge >= 0.3 is 5.97 Å². The van der Waals surface area contributed by atoms with E-state index < -0.39 is 71.7 Å². The van der Waals surface area contributed by atoms with E-state index in [1.807, 2.05) is 32.9 Å². The molecular formula is C44H69NO10. The number of ether oxygens (including phenoxy) is 2. The third kappa shape index (κ3) is 10.8. The highest BCUT2D eigenvalue weighted by Gasteiger charge is 2.55. The predicted octanol–water partition coefficient (Wildman–Crippen LogP) is 5.47. The minimum Gasteiger partial charge on any atom is -0.456 e. The molecule has 1 amide bonds. The number of fused-ring (bicyclic) bond motifs is 3. The number of allylic oxidation sites excluding steroid dienone is 4. The molecule has 3 fully saturated rings. The Morgan fingerprint density at radius 3 is 2.33 bits per heavy atom. The van der Waals surface area contributed by atoms with Crippen LogP contribution >= 0.6 is 0 Å². The molecule has 14 atom stereocenters. The molecule has 3 aliphatic heterocycles. The Hall–Kier alpha value is -2.70. The van der Waals surface area contributed by atoms with Crippen LogP contribution < -0.4 is 0 Å². The predicted molar refractivity (Wildman–Crippen MR) is 209 cm³/mol. The van der Waals surface area contributed by atoms with E-state index >= 15 is 0 Å². The summed E-state index contributed by atoms with van der Waals surface area (Å²) in [6.45, 7) is 17.3. The number of amides is 1. The van der Waals surface area contributed by atoms with E-state index in [2.05, 4.69) is 13.5 Å². The number of aliphatic hydroxyl groups is 4. The molecule has 4 rings (SSSR count). The van der Waals surface area contributed by atoms with Crippen molar-refractivity contribution in [2.75, 3.05) is 13.2 Å². The molecule has 310 valence electrons. The highest BCUT2D eigenvalue weighted by molar-refractivity contribution is 6.39. The maximum atomic E-state index is 14.2. The number of cyclic esters (lactones) is 1. The lowest BCUT2D eigenvalue weighted by atomic mass is 9.76. The maximum absolute atomic E-state index is 14.2. The molecule has 0 spiro atoms. The number of carbonyl (C=O) groups excluding carboxylic acids is 4. The number of Topliss-reactive ketones (excluding diaryl/α,β-unsaturated/α-hetero) is 2. The molecule has 1 aliphatic carbocycles. The van der Waals surface area contributed by atoms with Crippen LogP contribution in [0, 0.1) is 47.3 Å². The quantitative estimate of drug-likeness (QED) is 0.160. The van der Waals surface area contributed by atoms with E-state index in [1.165, 1.54) is 4.90 Å². The molecule has 0 aromatic heterocycles. The van der Waals surface area contributed by atoms with Crippen molar-refractivity contribution < 1.29 is 49.1 Å².